The minimum atomic E-state index is -1.24. The highest BCUT2D eigenvalue weighted by Crippen LogP contribution is 2.59. The molecule has 8 nitrogen and oxygen atoms in total. The number of carboxylic acid groups (broad SMARTS) is 1. The van der Waals surface area contributed by atoms with Crippen molar-refractivity contribution in [3.63, 3.8) is 0 Å². The largest absolute Gasteiger partial charge is 0.481 e. The van der Waals surface area contributed by atoms with Crippen LogP contribution < -0.4 is 4.90 Å². The van der Waals surface area contributed by atoms with E-state index in [-0.39, 0.29) is 25.0 Å². The lowest BCUT2D eigenvalue weighted by atomic mass is 9.70. The summed E-state index contributed by atoms with van der Waals surface area (Å²) in [5, 5.41) is 22.2. The molecule has 0 aromatic heterocycles. The lowest BCUT2D eigenvalue weighted by molar-refractivity contribution is -0.151. The lowest BCUT2D eigenvalue weighted by Gasteiger charge is -2.40. The van der Waals surface area contributed by atoms with Crippen molar-refractivity contribution in [3.05, 3.63) is 55.1 Å². The number of hydrogen-bond donors (Lipinski definition) is 2. The molecule has 0 saturated carbocycles. The zero-order valence-corrected chi connectivity index (χ0v) is 20.5. The Morgan fingerprint density at radius 1 is 1.25 bits per heavy atom. The fourth-order valence-electron chi connectivity index (χ4n) is 6.57. The van der Waals surface area contributed by atoms with E-state index in [4.69, 9.17) is 4.74 Å². The molecule has 0 radical (unpaired) electrons. The van der Waals surface area contributed by atoms with Gasteiger partial charge in [0.05, 0.1) is 30.6 Å². The predicted molar refractivity (Wildman–Crippen MR) is 134 cm³/mol. The molecule has 6 atom stereocenters. The summed E-state index contributed by atoms with van der Waals surface area (Å²) in [4.78, 5) is 43.6. The number of carbonyl (C=O) groups is 3. The standard InChI is InChI=1S/C28H32N2O6/c1-4-13-29(19-10-9-17-7-5-6-8-18(17)14-19)26(33)24-28-12-11-21(36-28)22(27(34)35)23(28)25(32)30(24)20(15-31)16(2)3/h4-10,14,16,20-24,31H,1,11-13,15H2,2-3H3,(H,34,35)/t20-,21-,22+,23-,24?,28?/m0/s1. The van der Waals surface area contributed by atoms with E-state index in [0.717, 1.165) is 10.8 Å². The molecule has 0 aliphatic carbocycles. The van der Waals surface area contributed by atoms with Gasteiger partial charge in [0.1, 0.15) is 11.6 Å². The molecule has 8 heteroatoms. The number of hydrogen-bond acceptors (Lipinski definition) is 5. The Balaban J connectivity index is 1.63. The topological polar surface area (TPSA) is 107 Å². The van der Waals surface area contributed by atoms with Gasteiger partial charge in [-0.2, -0.15) is 0 Å². The first-order valence-corrected chi connectivity index (χ1v) is 12.5. The van der Waals surface area contributed by atoms with Crippen LogP contribution in [-0.2, 0) is 19.1 Å². The monoisotopic (exact) mass is 492 g/mol. The second-order valence-corrected chi connectivity index (χ2v) is 10.4. The Hall–Kier alpha value is -3.23. The summed E-state index contributed by atoms with van der Waals surface area (Å²) in [6, 6.07) is 11.9. The molecule has 36 heavy (non-hydrogen) atoms. The van der Waals surface area contributed by atoms with E-state index in [1.165, 1.54) is 4.90 Å². The normalized spacial score (nSPS) is 29.6. The minimum absolute atomic E-state index is 0.154. The summed E-state index contributed by atoms with van der Waals surface area (Å²) in [6.45, 7) is 7.45. The SMILES string of the molecule is C=CCN(C(=O)C1N([C@@H](CO)C(C)C)C(=O)[C@@H]2[C@H](C(=O)O)[C@@H]3CCC12O3)c1ccc2ccccc2c1. The number of carbonyl (C=O) groups excluding carboxylic acids is 2. The average Bonchev–Trinajstić information content (AvgIpc) is 3.50. The van der Waals surface area contributed by atoms with Gasteiger partial charge in [0.15, 0.2) is 0 Å². The summed E-state index contributed by atoms with van der Waals surface area (Å²) in [7, 11) is 0. The molecule has 3 heterocycles. The predicted octanol–water partition coefficient (Wildman–Crippen LogP) is 2.83. The van der Waals surface area contributed by atoms with Gasteiger partial charge >= 0.3 is 5.97 Å². The summed E-state index contributed by atoms with van der Waals surface area (Å²) in [6.07, 6.45) is 1.92. The quantitative estimate of drug-likeness (QED) is 0.549. The van der Waals surface area contributed by atoms with Gasteiger partial charge in [0, 0.05) is 12.2 Å². The van der Waals surface area contributed by atoms with Gasteiger partial charge < -0.3 is 24.7 Å². The number of aliphatic carboxylic acids is 1. The van der Waals surface area contributed by atoms with Gasteiger partial charge in [0.2, 0.25) is 5.91 Å². The van der Waals surface area contributed by atoms with Crippen molar-refractivity contribution < 1.29 is 29.3 Å². The number of aliphatic hydroxyl groups is 1. The molecule has 3 aliphatic heterocycles. The molecule has 1 spiro atoms. The van der Waals surface area contributed by atoms with E-state index in [1.807, 2.05) is 56.3 Å². The van der Waals surface area contributed by atoms with Gasteiger partial charge in [-0.15, -0.1) is 6.58 Å². The molecule has 190 valence electrons. The maximum Gasteiger partial charge on any atom is 0.310 e. The highest BCUT2D eigenvalue weighted by molar-refractivity contribution is 6.05. The minimum Gasteiger partial charge on any atom is -0.481 e. The van der Waals surface area contributed by atoms with Crippen molar-refractivity contribution in [2.75, 3.05) is 18.1 Å². The number of aliphatic hydroxyl groups excluding tert-OH is 1. The first kappa shape index (κ1) is 24.5. The molecular formula is C28H32N2O6. The first-order chi connectivity index (χ1) is 17.2. The molecule has 3 saturated heterocycles. The highest BCUT2D eigenvalue weighted by atomic mass is 16.5. The van der Waals surface area contributed by atoms with Crippen LogP contribution in [0.4, 0.5) is 5.69 Å². The zero-order chi connectivity index (χ0) is 25.8. The lowest BCUT2D eigenvalue weighted by Crippen LogP contribution is -2.59. The number of amides is 2. The fourth-order valence-corrected chi connectivity index (χ4v) is 6.57. The molecule has 3 fully saturated rings. The van der Waals surface area contributed by atoms with Crippen molar-refractivity contribution in [3.8, 4) is 0 Å². The number of anilines is 1. The van der Waals surface area contributed by atoms with E-state index in [2.05, 4.69) is 6.58 Å². The number of likely N-dealkylation sites (tertiary alicyclic amines) is 1. The molecule has 5 rings (SSSR count). The number of nitrogens with zero attached hydrogens (tertiary/aromatic N) is 2. The molecular weight excluding hydrogens is 460 g/mol. The third kappa shape index (κ3) is 3.46. The Morgan fingerprint density at radius 2 is 1.97 bits per heavy atom. The van der Waals surface area contributed by atoms with Crippen LogP contribution in [0.25, 0.3) is 10.8 Å². The number of carboxylic acids is 1. The van der Waals surface area contributed by atoms with Crippen LogP contribution in [0.1, 0.15) is 26.7 Å². The third-order valence-electron chi connectivity index (χ3n) is 8.19. The molecule has 2 N–H and O–H groups in total. The maximum atomic E-state index is 14.4. The zero-order valence-electron chi connectivity index (χ0n) is 20.5. The van der Waals surface area contributed by atoms with Crippen LogP contribution in [0, 0.1) is 17.8 Å². The van der Waals surface area contributed by atoms with Crippen molar-refractivity contribution in [2.24, 2.45) is 17.8 Å². The van der Waals surface area contributed by atoms with Crippen LogP contribution in [-0.4, -0.2) is 69.8 Å². The van der Waals surface area contributed by atoms with Gasteiger partial charge in [-0.1, -0.05) is 50.3 Å². The molecule has 2 aromatic rings. The third-order valence-corrected chi connectivity index (χ3v) is 8.19. The first-order valence-electron chi connectivity index (χ1n) is 12.5. The second-order valence-electron chi connectivity index (χ2n) is 10.4. The van der Waals surface area contributed by atoms with Crippen LogP contribution >= 0.6 is 0 Å². The van der Waals surface area contributed by atoms with Crippen LogP contribution in [0.5, 0.6) is 0 Å². The Bertz CT molecular complexity index is 1230. The molecule has 2 aromatic carbocycles. The molecule has 2 unspecified atom stereocenters. The molecule has 2 bridgehead atoms. The number of rotatable bonds is 8. The summed E-state index contributed by atoms with van der Waals surface area (Å²) < 4.78 is 6.30. The number of fused-ring (bicyclic) bond motifs is 2. The van der Waals surface area contributed by atoms with Crippen molar-refractivity contribution in [1.29, 1.82) is 0 Å². The van der Waals surface area contributed by atoms with E-state index >= 15 is 0 Å². The van der Waals surface area contributed by atoms with Gasteiger partial charge in [-0.25, -0.2) is 0 Å². The van der Waals surface area contributed by atoms with Crippen molar-refractivity contribution >= 4 is 34.2 Å². The fraction of sp³-hybridized carbons (Fsp3) is 0.464. The number of ether oxygens (including phenoxy) is 1. The Kier molecular flexibility index (Phi) is 6.12. The van der Waals surface area contributed by atoms with Crippen molar-refractivity contribution in [1.82, 2.24) is 4.90 Å². The summed E-state index contributed by atoms with van der Waals surface area (Å²) in [5.74, 6) is -3.99. The van der Waals surface area contributed by atoms with Crippen LogP contribution in [0.15, 0.2) is 55.1 Å². The van der Waals surface area contributed by atoms with Crippen molar-refractivity contribution in [2.45, 2.75) is 50.5 Å². The van der Waals surface area contributed by atoms with Gasteiger partial charge in [0.25, 0.3) is 5.91 Å². The van der Waals surface area contributed by atoms with E-state index in [0.29, 0.717) is 18.5 Å². The molecule has 2 amide bonds. The van der Waals surface area contributed by atoms with Crippen LogP contribution in [0.3, 0.4) is 0 Å². The van der Waals surface area contributed by atoms with Gasteiger partial charge in [-0.3, -0.25) is 14.4 Å². The summed E-state index contributed by atoms with van der Waals surface area (Å²) >= 11 is 0. The van der Waals surface area contributed by atoms with E-state index < -0.39 is 47.5 Å². The van der Waals surface area contributed by atoms with E-state index in [1.54, 1.807) is 11.0 Å². The Labute approximate surface area is 210 Å². The van der Waals surface area contributed by atoms with Gasteiger partial charge in [-0.05, 0) is 41.7 Å². The Morgan fingerprint density at radius 3 is 2.61 bits per heavy atom. The highest BCUT2D eigenvalue weighted by Gasteiger charge is 2.75. The average molecular weight is 493 g/mol. The molecule has 3 aliphatic rings. The summed E-state index contributed by atoms with van der Waals surface area (Å²) in [5.41, 5.74) is -0.584. The van der Waals surface area contributed by atoms with Crippen LogP contribution in [0.2, 0.25) is 0 Å². The smallest absolute Gasteiger partial charge is 0.310 e. The number of benzene rings is 2. The second kappa shape index (κ2) is 9.01. The maximum absolute atomic E-state index is 14.4. The van der Waals surface area contributed by atoms with E-state index in [9.17, 15) is 24.6 Å².